The Labute approximate surface area is 117 Å². The molecular weight excluding hydrogens is 258 g/mol. The lowest BCUT2D eigenvalue weighted by atomic mass is 10.2. The van der Waals surface area contributed by atoms with Gasteiger partial charge in [0.05, 0.1) is 25.9 Å². The lowest BCUT2D eigenvalue weighted by molar-refractivity contribution is 0.263. The van der Waals surface area contributed by atoms with Gasteiger partial charge in [-0.1, -0.05) is 6.07 Å². The van der Waals surface area contributed by atoms with Crippen LogP contribution in [0.15, 0.2) is 36.3 Å². The number of ether oxygens (including phenoxy) is 4. The second kappa shape index (κ2) is 5.00. The third-order valence-electron chi connectivity index (χ3n) is 3.48. The highest BCUT2D eigenvalue weighted by molar-refractivity contribution is 5.52. The van der Waals surface area contributed by atoms with Gasteiger partial charge in [0.25, 0.3) is 0 Å². The van der Waals surface area contributed by atoms with Crippen molar-refractivity contribution >= 4 is 5.69 Å². The van der Waals surface area contributed by atoms with Gasteiger partial charge in [0.1, 0.15) is 24.7 Å². The average Bonchev–Trinajstić information content (AvgIpc) is 3.31. The molecule has 106 valence electrons. The standard InChI is InChI=1S/C15H17NO4/c1-2-11(4-12(3-1)17-9-15-10-20-15)16(5-13-7-18-13)6-14-8-19-14/h1-4,7,14-15H,5-6,8-10H2. The normalized spacial score (nSPS) is 25.5. The summed E-state index contributed by atoms with van der Waals surface area (Å²) in [7, 11) is 0. The van der Waals surface area contributed by atoms with Crippen molar-refractivity contribution < 1.29 is 18.9 Å². The Morgan fingerprint density at radius 2 is 2.00 bits per heavy atom. The van der Waals surface area contributed by atoms with Crippen LogP contribution in [0.2, 0.25) is 0 Å². The molecule has 0 aliphatic carbocycles. The summed E-state index contributed by atoms with van der Waals surface area (Å²) in [6.07, 6.45) is 2.41. The SMILES string of the molecule is C1=C(CN(CC2CO2)c2cccc(OCC3CO3)c2)O1. The van der Waals surface area contributed by atoms with Crippen LogP contribution in [0, 0.1) is 0 Å². The molecule has 5 heteroatoms. The molecule has 3 aliphatic heterocycles. The minimum absolute atomic E-state index is 0.277. The molecule has 0 radical (unpaired) electrons. The van der Waals surface area contributed by atoms with E-state index in [1.54, 1.807) is 6.26 Å². The first-order valence-electron chi connectivity index (χ1n) is 6.93. The van der Waals surface area contributed by atoms with Gasteiger partial charge in [-0.15, -0.1) is 0 Å². The number of benzene rings is 1. The van der Waals surface area contributed by atoms with Crippen LogP contribution in [-0.4, -0.2) is 45.1 Å². The van der Waals surface area contributed by atoms with Gasteiger partial charge >= 0.3 is 0 Å². The average molecular weight is 275 g/mol. The molecule has 5 nitrogen and oxygen atoms in total. The fraction of sp³-hybridized carbons (Fsp3) is 0.467. The number of rotatable bonds is 8. The molecule has 20 heavy (non-hydrogen) atoms. The molecule has 2 saturated heterocycles. The summed E-state index contributed by atoms with van der Waals surface area (Å²) in [4.78, 5) is 2.26. The molecule has 4 rings (SSSR count). The largest absolute Gasteiger partial charge is 0.491 e. The predicted molar refractivity (Wildman–Crippen MR) is 72.8 cm³/mol. The monoisotopic (exact) mass is 275 g/mol. The first-order valence-corrected chi connectivity index (χ1v) is 6.93. The molecule has 1 aromatic carbocycles. The Kier molecular flexibility index (Phi) is 3.01. The maximum Gasteiger partial charge on any atom is 0.158 e. The van der Waals surface area contributed by atoms with Gasteiger partial charge in [-0.25, -0.2) is 0 Å². The fourth-order valence-electron chi connectivity index (χ4n) is 2.11. The van der Waals surface area contributed by atoms with Crippen LogP contribution in [0.1, 0.15) is 0 Å². The Bertz CT molecular complexity index is 522. The van der Waals surface area contributed by atoms with Crippen molar-refractivity contribution in [2.24, 2.45) is 0 Å². The summed E-state index contributed by atoms with van der Waals surface area (Å²) in [5, 5.41) is 0. The molecule has 0 saturated carbocycles. The smallest absolute Gasteiger partial charge is 0.158 e. The molecule has 1 aromatic rings. The molecule has 2 fully saturated rings. The highest BCUT2D eigenvalue weighted by Crippen LogP contribution is 2.27. The molecule has 2 unspecified atom stereocenters. The van der Waals surface area contributed by atoms with E-state index in [9.17, 15) is 0 Å². The summed E-state index contributed by atoms with van der Waals surface area (Å²) in [5.74, 6) is 1.90. The summed E-state index contributed by atoms with van der Waals surface area (Å²) in [6, 6.07) is 8.14. The maximum atomic E-state index is 5.73. The van der Waals surface area contributed by atoms with Crippen molar-refractivity contribution in [3.05, 3.63) is 36.3 Å². The van der Waals surface area contributed by atoms with Gasteiger partial charge in [0, 0.05) is 18.3 Å². The van der Waals surface area contributed by atoms with Crippen molar-refractivity contribution in [3.63, 3.8) is 0 Å². The van der Waals surface area contributed by atoms with Crippen LogP contribution in [0.3, 0.4) is 0 Å². The van der Waals surface area contributed by atoms with E-state index in [4.69, 9.17) is 18.9 Å². The molecule has 3 heterocycles. The van der Waals surface area contributed by atoms with Crippen molar-refractivity contribution in [2.45, 2.75) is 12.2 Å². The zero-order chi connectivity index (χ0) is 13.4. The number of nitrogens with zero attached hydrogens (tertiary/aromatic N) is 1. The summed E-state index contributed by atoms with van der Waals surface area (Å²) in [6.45, 7) is 3.97. The zero-order valence-electron chi connectivity index (χ0n) is 11.2. The first-order chi connectivity index (χ1) is 9.87. The first kappa shape index (κ1) is 12.1. The Morgan fingerprint density at radius 1 is 1.20 bits per heavy atom. The van der Waals surface area contributed by atoms with E-state index in [0.717, 1.165) is 43.5 Å². The maximum absolute atomic E-state index is 5.73. The van der Waals surface area contributed by atoms with Gasteiger partial charge in [-0.3, -0.25) is 0 Å². The van der Waals surface area contributed by atoms with Gasteiger partial charge in [-0.05, 0) is 12.1 Å². The number of epoxide rings is 2. The zero-order valence-corrected chi connectivity index (χ0v) is 11.2. The molecular formula is C15H17NO4. The van der Waals surface area contributed by atoms with Crippen molar-refractivity contribution in [1.82, 2.24) is 0 Å². The number of hydrogen-bond acceptors (Lipinski definition) is 5. The Balaban J connectivity index is 1.44. The highest BCUT2D eigenvalue weighted by Gasteiger charge is 2.28. The molecule has 0 N–H and O–H groups in total. The van der Waals surface area contributed by atoms with Crippen LogP contribution in [-0.2, 0) is 14.2 Å². The van der Waals surface area contributed by atoms with Gasteiger partial charge in [0.2, 0.25) is 0 Å². The van der Waals surface area contributed by atoms with Crippen LogP contribution < -0.4 is 9.64 Å². The van der Waals surface area contributed by atoms with Crippen molar-refractivity contribution in [3.8, 4) is 5.75 Å². The van der Waals surface area contributed by atoms with E-state index < -0.39 is 0 Å². The van der Waals surface area contributed by atoms with E-state index in [0.29, 0.717) is 12.7 Å². The van der Waals surface area contributed by atoms with Gasteiger partial charge < -0.3 is 23.8 Å². The Hall–Kier alpha value is -1.72. The van der Waals surface area contributed by atoms with Crippen LogP contribution >= 0.6 is 0 Å². The molecule has 0 amide bonds. The van der Waals surface area contributed by atoms with Gasteiger partial charge in [-0.2, -0.15) is 0 Å². The summed E-state index contributed by atoms with van der Waals surface area (Å²) < 4.78 is 21.4. The van der Waals surface area contributed by atoms with E-state index in [1.165, 1.54) is 0 Å². The van der Waals surface area contributed by atoms with E-state index in [1.807, 2.05) is 12.1 Å². The van der Waals surface area contributed by atoms with Crippen LogP contribution in [0.5, 0.6) is 5.75 Å². The third kappa shape index (κ3) is 3.23. The molecule has 2 atom stereocenters. The van der Waals surface area contributed by atoms with Crippen LogP contribution in [0.25, 0.3) is 0 Å². The second-order valence-corrected chi connectivity index (χ2v) is 5.30. The Morgan fingerprint density at radius 3 is 2.70 bits per heavy atom. The van der Waals surface area contributed by atoms with Crippen molar-refractivity contribution in [1.29, 1.82) is 0 Å². The minimum Gasteiger partial charge on any atom is -0.491 e. The minimum atomic E-state index is 0.277. The predicted octanol–water partition coefficient (Wildman–Crippen LogP) is 1.54. The van der Waals surface area contributed by atoms with Crippen LogP contribution in [0.4, 0.5) is 5.69 Å². The fourth-order valence-corrected chi connectivity index (χ4v) is 2.11. The molecule has 3 aliphatic rings. The number of anilines is 1. The van der Waals surface area contributed by atoms with E-state index in [-0.39, 0.29) is 6.10 Å². The highest BCUT2D eigenvalue weighted by atomic mass is 16.6. The lowest BCUT2D eigenvalue weighted by Crippen LogP contribution is -2.28. The van der Waals surface area contributed by atoms with Gasteiger partial charge in [0.15, 0.2) is 5.76 Å². The third-order valence-corrected chi connectivity index (χ3v) is 3.48. The molecule has 0 aromatic heterocycles. The number of hydrogen-bond donors (Lipinski definition) is 0. The summed E-state index contributed by atoms with van der Waals surface area (Å²) in [5.41, 5.74) is 1.13. The molecule has 0 bridgehead atoms. The second-order valence-electron chi connectivity index (χ2n) is 5.30. The van der Waals surface area contributed by atoms with Crippen molar-refractivity contribution in [2.75, 3.05) is 37.8 Å². The van der Waals surface area contributed by atoms with E-state index in [2.05, 4.69) is 17.0 Å². The topological polar surface area (TPSA) is 50.1 Å². The lowest BCUT2D eigenvalue weighted by Gasteiger charge is -2.22. The summed E-state index contributed by atoms with van der Waals surface area (Å²) >= 11 is 0. The quantitative estimate of drug-likeness (QED) is 0.674. The van der Waals surface area contributed by atoms with E-state index >= 15 is 0 Å². The molecule has 0 spiro atoms.